The first-order valence-electron chi connectivity index (χ1n) is 17.5. The zero-order valence-corrected chi connectivity index (χ0v) is 35.0. The van der Waals surface area contributed by atoms with Crippen LogP contribution in [0.2, 0.25) is 17.3 Å². The van der Waals surface area contributed by atoms with E-state index in [1.54, 1.807) is 0 Å². The molecule has 0 fully saturated rings. The summed E-state index contributed by atoms with van der Waals surface area (Å²) in [5.74, 6) is 7.19. The van der Waals surface area contributed by atoms with Crippen molar-refractivity contribution in [3.63, 3.8) is 0 Å². The maximum atomic E-state index is 6.14. The van der Waals surface area contributed by atoms with Crippen molar-refractivity contribution in [1.82, 2.24) is 9.97 Å². The Balaban J connectivity index is 0.000000175. The molecule has 0 saturated heterocycles. The number of hydrogen-bond acceptors (Lipinski definition) is 3. The molecule has 0 aliphatic carbocycles. The quantitative estimate of drug-likeness (QED) is 0.123. The molecule has 0 unspecified atom stereocenters. The molecule has 3 heterocycles. The maximum Gasteiger partial charge on any atom is 0.120 e. The van der Waals surface area contributed by atoms with E-state index in [2.05, 4.69) is 158 Å². The van der Waals surface area contributed by atoms with Gasteiger partial charge in [-0.25, -0.2) is 0 Å². The van der Waals surface area contributed by atoms with Crippen molar-refractivity contribution < 1.29 is 24.5 Å². The monoisotopic (exact) mass is 917 g/mol. The Hall–Kier alpha value is -4.61. The maximum absolute atomic E-state index is 6.14. The first kappa shape index (κ1) is 37.2. The number of pyridine rings is 2. The van der Waals surface area contributed by atoms with E-state index in [1.807, 2.05) is 42.6 Å². The van der Waals surface area contributed by atoms with E-state index in [-0.39, 0.29) is 25.5 Å². The van der Waals surface area contributed by atoms with Crippen LogP contribution < -0.4 is 4.40 Å². The number of aromatic nitrogens is 2. The number of furan rings is 1. The number of nitrogens with zero attached hydrogens (tertiary/aromatic N) is 2. The molecule has 8 rings (SSSR count). The number of para-hydroxylation sites is 1. The topological polar surface area (TPSA) is 38.9 Å². The van der Waals surface area contributed by atoms with E-state index in [9.17, 15) is 0 Å². The standard InChI is InChI=1S/C24H16NO.C23H26GeN.Ir/c1-16-15-25-22(14-21(16)17-8-3-2-4-9-17)20-12-7-11-19-18-10-5-6-13-23(18)26-24(19)20;1-23(2,18-11-7-6-8-12-18)21-14-10-9-13-20(21)22-16-15-19(17-25-22)24(3,4)5;/h2-11,13-15H,1H3;6-12,14-17H,1-5H3;/q2*-1;. The molecular weight excluding hydrogens is 873 g/mol. The van der Waals surface area contributed by atoms with Crippen LogP contribution in [0, 0.1) is 19.1 Å². The van der Waals surface area contributed by atoms with Gasteiger partial charge in [0.05, 0.1) is 5.58 Å². The third kappa shape index (κ3) is 7.61. The Morgan fingerprint density at radius 3 is 2.02 bits per heavy atom. The first-order chi connectivity index (χ1) is 24.6. The van der Waals surface area contributed by atoms with Crippen LogP contribution in [0.3, 0.4) is 0 Å². The molecule has 0 bridgehead atoms. The summed E-state index contributed by atoms with van der Waals surface area (Å²) in [4.78, 5) is 9.46. The Bertz CT molecular complexity index is 2430. The van der Waals surface area contributed by atoms with Gasteiger partial charge in [-0.05, 0) is 35.4 Å². The number of hydrogen-bond donors (Lipinski definition) is 0. The van der Waals surface area contributed by atoms with Crippen molar-refractivity contribution in [3.8, 4) is 33.6 Å². The van der Waals surface area contributed by atoms with Crippen LogP contribution in [0.25, 0.3) is 55.6 Å². The average molecular weight is 916 g/mol. The fourth-order valence-corrected chi connectivity index (χ4v) is 8.81. The molecule has 0 atom stereocenters. The minimum atomic E-state index is -1.84. The summed E-state index contributed by atoms with van der Waals surface area (Å²) in [6.45, 7) is 6.63. The van der Waals surface area contributed by atoms with E-state index in [0.717, 1.165) is 50.0 Å². The van der Waals surface area contributed by atoms with Crippen molar-refractivity contribution in [2.75, 3.05) is 0 Å². The van der Waals surface area contributed by atoms with Crippen LogP contribution in [0.1, 0.15) is 30.5 Å². The first-order valence-corrected chi connectivity index (χ1v) is 24.8. The van der Waals surface area contributed by atoms with Crippen molar-refractivity contribution in [2.24, 2.45) is 0 Å². The molecule has 1 radical (unpaired) electrons. The average Bonchev–Trinajstić information content (AvgIpc) is 3.55. The molecule has 5 aromatic carbocycles. The van der Waals surface area contributed by atoms with Crippen LogP contribution in [0.5, 0.6) is 0 Å². The van der Waals surface area contributed by atoms with Gasteiger partial charge in [0, 0.05) is 31.7 Å². The van der Waals surface area contributed by atoms with Crippen LogP contribution >= 0.6 is 0 Å². The Morgan fingerprint density at radius 2 is 1.31 bits per heavy atom. The van der Waals surface area contributed by atoms with Crippen molar-refractivity contribution in [2.45, 2.75) is 43.5 Å². The van der Waals surface area contributed by atoms with E-state index >= 15 is 0 Å². The summed E-state index contributed by atoms with van der Waals surface area (Å²) in [5, 5.41) is 2.21. The second-order valence-electron chi connectivity index (χ2n) is 14.6. The van der Waals surface area contributed by atoms with Crippen LogP contribution in [-0.4, -0.2) is 23.2 Å². The molecular formula is C47H42GeIrN2O-2. The summed E-state index contributed by atoms with van der Waals surface area (Å²) >= 11 is -1.84. The third-order valence-electron chi connectivity index (χ3n) is 9.69. The molecule has 261 valence electrons. The Kier molecular flexibility index (Phi) is 11.1. The molecule has 3 aromatic heterocycles. The molecule has 0 spiro atoms. The second kappa shape index (κ2) is 15.6. The molecule has 52 heavy (non-hydrogen) atoms. The molecule has 0 saturated carbocycles. The van der Waals surface area contributed by atoms with Crippen molar-refractivity contribution >= 4 is 39.6 Å². The van der Waals surface area contributed by atoms with Crippen molar-refractivity contribution in [1.29, 1.82) is 0 Å². The van der Waals surface area contributed by atoms with Gasteiger partial charge >= 0.3 is 154 Å². The minimum absolute atomic E-state index is 0. The minimum Gasteiger partial charge on any atom is -0.501 e. The van der Waals surface area contributed by atoms with E-state index in [1.165, 1.54) is 26.6 Å². The van der Waals surface area contributed by atoms with Gasteiger partial charge in [-0.3, -0.25) is 0 Å². The largest absolute Gasteiger partial charge is 0.501 e. The van der Waals surface area contributed by atoms with Gasteiger partial charge in [0.2, 0.25) is 0 Å². The van der Waals surface area contributed by atoms with Crippen LogP contribution in [0.15, 0.2) is 150 Å². The molecule has 3 nitrogen and oxygen atoms in total. The number of fused-ring (bicyclic) bond motifs is 3. The fraction of sp³-hybridized carbons (Fsp3) is 0.149. The summed E-state index contributed by atoms with van der Waals surface area (Å²) < 4.78 is 7.58. The third-order valence-corrected chi connectivity index (χ3v) is 13.9. The van der Waals surface area contributed by atoms with Gasteiger partial charge in [0.25, 0.3) is 0 Å². The van der Waals surface area contributed by atoms with Gasteiger partial charge < -0.3 is 9.40 Å². The smallest absolute Gasteiger partial charge is 0.120 e. The molecule has 5 heteroatoms. The molecule has 8 aromatic rings. The van der Waals surface area contributed by atoms with Crippen LogP contribution in [-0.2, 0) is 25.5 Å². The molecule has 0 N–H and O–H groups in total. The molecule has 0 aliphatic rings. The summed E-state index contributed by atoms with van der Waals surface area (Å²) in [5.41, 5.74) is 11.6. The summed E-state index contributed by atoms with van der Waals surface area (Å²) in [7, 11) is 0. The van der Waals surface area contributed by atoms with Gasteiger partial charge in [0.15, 0.2) is 0 Å². The van der Waals surface area contributed by atoms with E-state index < -0.39 is 13.3 Å². The molecule has 0 amide bonds. The molecule has 0 aliphatic heterocycles. The number of rotatable bonds is 6. The fourth-order valence-electron chi connectivity index (χ4n) is 6.64. The van der Waals surface area contributed by atoms with Crippen molar-refractivity contribution in [3.05, 3.63) is 175 Å². The zero-order valence-electron chi connectivity index (χ0n) is 30.5. The predicted octanol–water partition coefficient (Wildman–Crippen LogP) is 11.8. The van der Waals surface area contributed by atoms with Gasteiger partial charge in [-0.15, -0.1) is 18.2 Å². The van der Waals surface area contributed by atoms with Gasteiger partial charge in [-0.2, -0.15) is 0 Å². The summed E-state index contributed by atoms with van der Waals surface area (Å²) in [6.07, 6.45) is 4.00. The predicted molar refractivity (Wildman–Crippen MR) is 216 cm³/mol. The van der Waals surface area contributed by atoms with E-state index in [0.29, 0.717) is 0 Å². The second-order valence-corrected chi connectivity index (χ2v) is 25.2. The summed E-state index contributed by atoms with van der Waals surface area (Å²) in [6, 6.07) is 52.8. The van der Waals surface area contributed by atoms with Crippen LogP contribution in [0.4, 0.5) is 0 Å². The SMILES string of the molecule is CC(C)(c1ccccc1)c1ccc[c-]c1-c1cc[c]([Ge]([CH3])([CH3])[CH3])cn1.Cc1cnc(-c2[c-]ccc3c2oc2ccccc23)cc1-c1ccccc1.[Ir]. The normalized spacial score (nSPS) is 11.5. The number of benzene rings is 5. The Labute approximate surface area is 323 Å². The van der Waals surface area contributed by atoms with Gasteiger partial charge in [0.1, 0.15) is 5.58 Å². The Morgan fingerprint density at radius 1 is 0.635 bits per heavy atom. The van der Waals surface area contributed by atoms with E-state index in [4.69, 9.17) is 9.40 Å². The van der Waals surface area contributed by atoms with Gasteiger partial charge in [-0.1, -0.05) is 65.5 Å². The number of aryl methyl sites for hydroxylation is 1. The zero-order chi connectivity index (χ0) is 35.6.